The van der Waals surface area contributed by atoms with E-state index in [4.69, 9.17) is 4.74 Å². The van der Waals surface area contributed by atoms with Crippen LogP contribution in [0, 0.1) is 35.2 Å². The van der Waals surface area contributed by atoms with Gasteiger partial charge >= 0.3 is 0 Å². The molecule has 0 atom stereocenters. The Labute approximate surface area is 237 Å². The minimum atomic E-state index is -0.974. The maximum absolute atomic E-state index is 15.3. The maximum Gasteiger partial charge on any atom is 0.201 e. The van der Waals surface area contributed by atoms with Crippen LogP contribution in [0.3, 0.4) is 0 Å². The zero-order valence-corrected chi connectivity index (χ0v) is 23.8. The molecule has 0 bridgehead atoms. The molecule has 0 spiro atoms. The smallest absolute Gasteiger partial charge is 0.201 e. The van der Waals surface area contributed by atoms with Crippen molar-refractivity contribution in [2.24, 2.45) is 17.8 Å². The lowest BCUT2D eigenvalue weighted by Gasteiger charge is -2.37. The van der Waals surface area contributed by atoms with Gasteiger partial charge in [0.1, 0.15) is 5.82 Å². The molecule has 0 radical (unpaired) electrons. The van der Waals surface area contributed by atoms with Gasteiger partial charge in [-0.1, -0.05) is 55.5 Å². The Morgan fingerprint density at radius 1 is 0.725 bits per heavy atom. The molecule has 0 saturated heterocycles. The molecule has 1 nitrogen and oxygen atoms in total. The highest BCUT2D eigenvalue weighted by atomic mass is 19.2. The molecule has 40 heavy (non-hydrogen) atoms. The van der Waals surface area contributed by atoms with Gasteiger partial charge in [0, 0.05) is 5.56 Å². The number of hydrogen-bond acceptors (Lipinski definition) is 1. The standard InChI is InChI=1S/C36H41F3O/c1-3-5-24-6-8-25(9-7-24)26-10-14-28(15-11-26)31-19-18-30(23-33(31)37)27-12-16-29(17-13-27)32-20-21-34(40-22-4-2)36(39)35(32)38/h3,5,12-13,16-21,23-26,28H,4,6-11,14-15,22H2,1-2H3/b5-3+. The molecule has 0 aliphatic heterocycles. The number of allylic oxidation sites excluding steroid dienone is 2. The van der Waals surface area contributed by atoms with E-state index in [1.165, 1.54) is 50.7 Å². The van der Waals surface area contributed by atoms with Gasteiger partial charge < -0.3 is 4.74 Å². The fraction of sp³-hybridized carbons (Fsp3) is 0.444. The van der Waals surface area contributed by atoms with Gasteiger partial charge in [0.15, 0.2) is 11.6 Å². The summed E-state index contributed by atoms with van der Waals surface area (Å²) in [6, 6.07) is 15.7. The van der Waals surface area contributed by atoms with Crippen LogP contribution in [0.1, 0.15) is 83.1 Å². The molecule has 0 aromatic heterocycles. The van der Waals surface area contributed by atoms with Crippen molar-refractivity contribution in [2.45, 2.75) is 77.6 Å². The molecule has 5 rings (SSSR count). The van der Waals surface area contributed by atoms with E-state index in [0.717, 1.165) is 47.3 Å². The molecule has 3 aromatic carbocycles. The van der Waals surface area contributed by atoms with Gasteiger partial charge in [-0.2, -0.15) is 4.39 Å². The average Bonchev–Trinajstić information content (AvgIpc) is 2.99. The van der Waals surface area contributed by atoms with Crippen molar-refractivity contribution in [2.75, 3.05) is 6.61 Å². The summed E-state index contributed by atoms with van der Waals surface area (Å²) in [5, 5.41) is 0. The number of hydrogen-bond donors (Lipinski definition) is 0. The molecule has 212 valence electrons. The SMILES string of the molecule is C/C=C/C1CCC(C2CCC(c3ccc(-c4ccc(-c5ccc(OCCC)c(F)c5F)cc4)cc3F)CC2)CC1. The Balaban J connectivity index is 1.22. The van der Waals surface area contributed by atoms with Crippen molar-refractivity contribution in [3.05, 3.63) is 89.8 Å². The molecule has 0 unspecified atom stereocenters. The monoisotopic (exact) mass is 546 g/mol. The minimum absolute atomic E-state index is 0.0732. The third-order valence-corrected chi connectivity index (χ3v) is 9.20. The number of rotatable bonds is 8. The normalized spacial score (nSPS) is 23.4. The van der Waals surface area contributed by atoms with E-state index in [1.54, 1.807) is 18.2 Å². The van der Waals surface area contributed by atoms with E-state index in [0.29, 0.717) is 18.6 Å². The van der Waals surface area contributed by atoms with Crippen LogP contribution >= 0.6 is 0 Å². The van der Waals surface area contributed by atoms with Crippen LogP contribution in [-0.4, -0.2) is 6.61 Å². The van der Waals surface area contributed by atoms with Gasteiger partial charge in [-0.15, -0.1) is 0 Å². The molecule has 3 aromatic rings. The van der Waals surface area contributed by atoms with Gasteiger partial charge in [-0.25, -0.2) is 8.78 Å². The minimum Gasteiger partial charge on any atom is -0.490 e. The first-order chi connectivity index (χ1) is 19.5. The molecule has 2 saturated carbocycles. The average molecular weight is 547 g/mol. The molecule has 0 N–H and O–H groups in total. The second-order valence-electron chi connectivity index (χ2n) is 11.7. The number of benzene rings is 3. The maximum atomic E-state index is 15.3. The van der Waals surface area contributed by atoms with Gasteiger partial charge in [-0.05, 0) is 129 Å². The van der Waals surface area contributed by atoms with Crippen molar-refractivity contribution in [1.82, 2.24) is 0 Å². The third-order valence-electron chi connectivity index (χ3n) is 9.20. The zero-order valence-electron chi connectivity index (χ0n) is 23.8. The van der Waals surface area contributed by atoms with Gasteiger partial charge in [-0.3, -0.25) is 0 Å². The Hall–Kier alpha value is -3.01. The first-order valence-electron chi connectivity index (χ1n) is 15.1. The zero-order chi connectivity index (χ0) is 28.1. The highest BCUT2D eigenvalue weighted by Crippen LogP contribution is 2.45. The van der Waals surface area contributed by atoms with Crippen LogP contribution < -0.4 is 4.74 Å². The molecule has 2 fully saturated rings. The summed E-state index contributed by atoms with van der Waals surface area (Å²) in [5.74, 6) is 0.573. The number of halogens is 3. The summed E-state index contributed by atoms with van der Waals surface area (Å²) in [6.45, 7) is 4.36. The molecule has 2 aliphatic rings. The van der Waals surface area contributed by atoms with Gasteiger partial charge in [0.2, 0.25) is 5.82 Å². The first kappa shape index (κ1) is 28.5. The van der Waals surface area contributed by atoms with Crippen LogP contribution in [-0.2, 0) is 0 Å². The fourth-order valence-corrected chi connectivity index (χ4v) is 6.94. The Bertz CT molecular complexity index is 1300. The molecule has 0 heterocycles. The van der Waals surface area contributed by atoms with E-state index in [2.05, 4.69) is 19.1 Å². The van der Waals surface area contributed by atoms with Crippen LogP contribution in [0.4, 0.5) is 13.2 Å². The highest BCUT2D eigenvalue weighted by molar-refractivity contribution is 5.71. The van der Waals surface area contributed by atoms with E-state index in [9.17, 15) is 8.78 Å². The largest absolute Gasteiger partial charge is 0.490 e. The first-order valence-corrected chi connectivity index (χ1v) is 15.1. The predicted molar refractivity (Wildman–Crippen MR) is 158 cm³/mol. The third kappa shape index (κ3) is 6.32. The van der Waals surface area contributed by atoms with Crippen molar-refractivity contribution >= 4 is 0 Å². The summed E-state index contributed by atoms with van der Waals surface area (Å²) < 4.78 is 49.8. The highest BCUT2D eigenvalue weighted by Gasteiger charge is 2.31. The van der Waals surface area contributed by atoms with Crippen molar-refractivity contribution in [1.29, 1.82) is 0 Å². The van der Waals surface area contributed by atoms with Crippen molar-refractivity contribution in [3.63, 3.8) is 0 Å². The predicted octanol–water partition coefficient (Wildman–Crippen LogP) is 10.9. The molecule has 2 aliphatic carbocycles. The summed E-state index contributed by atoms with van der Waals surface area (Å²) in [7, 11) is 0. The fourth-order valence-electron chi connectivity index (χ4n) is 6.94. The van der Waals surface area contributed by atoms with Crippen molar-refractivity contribution in [3.8, 4) is 28.0 Å². The molecular formula is C36H41F3O. The molecule has 0 amide bonds. The van der Waals surface area contributed by atoms with Gasteiger partial charge in [0.25, 0.3) is 0 Å². The van der Waals surface area contributed by atoms with E-state index in [1.807, 2.05) is 31.2 Å². The molecular weight excluding hydrogens is 505 g/mol. The van der Waals surface area contributed by atoms with E-state index in [-0.39, 0.29) is 23.0 Å². The second-order valence-corrected chi connectivity index (χ2v) is 11.7. The van der Waals surface area contributed by atoms with Crippen LogP contribution in [0.5, 0.6) is 5.75 Å². The topological polar surface area (TPSA) is 9.23 Å². The second kappa shape index (κ2) is 13.1. The lowest BCUT2D eigenvalue weighted by molar-refractivity contribution is 0.171. The van der Waals surface area contributed by atoms with Gasteiger partial charge in [0.05, 0.1) is 6.61 Å². The Kier molecular flexibility index (Phi) is 9.34. The van der Waals surface area contributed by atoms with Crippen LogP contribution in [0.2, 0.25) is 0 Å². The summed E-state index contributed by atoms with van der Waals surface area (Å²) in [6.07, 6.45) is 15.1. The molecule has 4 heteroatoms. The van der Waals surface area contributed by atoms with E-state index < -0.39 is 11.6 Å². The Morgan fingerprint density at radius 2 is 1.35 bits per heavy atom. The quantitative estimate of drug-likeness (QED) is 0.255. The summed E-state index contributed by atoms with van der Waals surface area (Å²) in [4.78, 5) is 0. The lowest BCUT2D eigenvalue weighted by Crippen LogP contribution is -2.25. The summed E-state index contributed by atoms with van der Waals surface area (Å²) >= 11 is 0. The Morgan fingerprint density at radius 3 is 1.98 bits per heavy atom. The summed E-state index contributed by atoms with van der Waals surface area (Å²) in [5.41, 5.74) is 3.20. The van der Waals surface area contributed by atoms with Crippen LogP contribution in [0.15, 0.2) is 66.7 Å². The lowest BCUT2D eigenvalue weighted by atomic mass is 9.68. The van der Waals surface area contributed by atoms with E-state index >= 15 is 4.39 Å². The van der Waals surface area contributed by atoms with Crippen LogP contribution in [0.25, 0.3) is 22.3 Å². The number of ether oxygens (including phenoxy) is 1. The van der Waals surface area contributed by atoms with Crippen molar-refractivity contribution < 1.29 is 17.9 Å².